The van der Waals surface area contributed by atoms with Crippen LogP contribution in [0.2, 0.25) is 0 Å². The van der Waals surface area contributed by atoms with Gasteiger partial charge >= 0.3 is 35.7 Å². The Morgan fingerprint density at radius 2 is 1.52 bits per heavy atom. The summed E-state index contributed by atoms with van der Waals surface area (Å²) in [7, 11) is 0. The number of carbonyl (C=O) groups excluding carboxylic acids is 4. The number of ketones is 2. The molecule has 16 heteroatoms. The van der Waals surface area contributed by atoms with Crippen LogP contribution in [0.1, 0.15) is 45.0 Å². The van der Waals surface area contributed by atoms with Crippen LogP contribution in [-0.2, 0) is 36.8 Å². The van der Waals surface area contributed by atoms with Gasteiger partial charge in [-0.3, -0.25) is 19.3 Å². The minimum absolute atomic E-state index is 0. The van der Waals surface area contributed by atoms with Gasteiger partial charge in [-0.25, -0.2) is 23.5 Å². The molecule has 0 aliphatic carbocycles. The number of amides is 1. The maximum Gasteiger partial charge on any atom is 1.00 e. The molecule has 0 aromatic carbocycles. The Morgan fingerprint density at radius 3 is 1.95 bits per heavy atom. The molecule has 0 bridgehead atoms. The molecular weight excluding hydrogens is 725 g/mol. The van der Waals surface area contributed by atoms with Gasteiger partial charge < -0.3 is 20.2 Å². The zero-order chi connectivity index (χ0) is 32.2. The first-order valence-corrected chi connectivity index (χ1v) is 14.8. The number of nitrogens with one attached hydrogen (secondary N) is 1. The first-order chi connectivity index (χ1) is 20.2. The predicted octanol–water partition coefficient (Wildman–Crippen LogP) is 0.398. The average molecular weight is 758 g/mol. The van der Waals surface area contributed by atoms with Gasteiger partial charge in [-0.1, -0.05) is 12.1 Å². The maximum atomic E-state index is 13.8. The second-order valence-electron chi connectivity index (χ2n) is 10.7. The Labute approximate surface area is 293 Å². The second kappa shape index (κ2) is 19.6. The monoisotopic (exact) mass is 756 g/mol. The minimum atomic E-state index is -1.22. The third-order valence-corrected chi connectivity index (χ3v) is 6.89. The van der Waals surface area contributed by atoms with E-state index in [1.807, 2.05) is 6.07 Å². The molecule has 4 atom stereocenters. The molecular formula is C28H33Br2F2N4NaO7. The molecule has 2 saturated heterocycles. The fourth-order valence-corrected chi connectivity index (χ4v) is 5.01. The molecule has 4 rings (SSSR count). The van der Waals surface area contributed by atoms with Crippen molar-refractivity contribution in [3.63, 3.8) is 0 Å². The summed E-state index contributed by atoms with van der Waals surface area (Å²) >= 11 is 6.49. The molecule has 0 spiro atoms. The van der Waals surface area contributed by atoms with Crippen LogP contribution in [0.15, 0.2) is 45.6 Å². The minimum Gasteiger partial charge on any atom is -0.662 e. The topological polar surface area (TPSA) is 151 Å². The van der Waals surface area contributed by atoms with Crippen molar-refractivity contribution in [3.05, 3.63) is 57.0 Å². The normalized spacial score (nSPS) is 20.6. The van der Waals surface area contributed by atoms with Crippen LogP contribution in [0.3, 0.4) is 0 Å². The first kappa shape index (κ1) is 40.1. The number of pyridine rings is 2. The van der Waals surface area contributed by atoms with Crippen molar-refractivity contribution in [1.82, 2.24) is 20.2 Å². The number of likely N-dealkylation sites (tertiary alicyclic amines) is 1. The van der Waals surface area contributed by atoms with E-state index in [0.29, 0.717) is 20.6 Å². The van der Waals surface area contributed by atoms with Crippen LogP contribution in [0.25, 0.3) is 0 Å². The SMILES string of the molecule is CC(C)(C)OC(=O)N1C[C@H](F)C[C@H]1C(=O)Cc1cccc(Br)n1.O=C(Cc1cccc(Br)n1)[C@@H]1C[C@@H](F)CN1.O=CO[O-].[Na+]. The van der Waals surface area contributed by atoms with E-state index in [0.717, 1.165) is 0 Å². The van der Waals surface area contributed by atoms with Crippen molar-refractivity contribution in [1.29, 1.82) is 0 Å². The van der Waals surface area contributed by atoms with E-state index < -0.39 is 30.1 Å². The number of aromatic nitrogens is 2. The van der Waals surface area contributed by atoms with Gasteiger partial charge in [-0.05, 0) is 76.9 Å². The molecule has 1 amide bonds. The molecule has 44 heavy (non-hydrogen) atoms. The van der Waals surface area contributed by atoms with Crippen LogP contribution in [0, 0.1) is 0 Å². The van der Waals surface area contributed by atoms with E-state index in [4.69, 9.17) is 14.8 Å². The Bertz CT molecular complexity index is 1260. The van der Waals surface area contributed by atoms with Gasteiger partial charge in [0.25, 0.3) is 6.47 Å². The summed E-state index contributed by atoms with van der Waals surface area (Å²) < 4.78 is 33.3. The fraction of sp³-hybridized carbons (Fsp3) is 0.500. The van der Waals surface area contributed by atoms with E-state index in [-0.39, 0.29) is 92.4 Å². The van der Waals surface area contributed by atoms with Crippen molar-refractivity contribution in [2.24, 2.45) is 0 Å². The molecule has 2 aromatic heterocycles. The summed E-state index contributed by atoms with van der Waals surface area (Å²) in [5.41, 5.74) is 0.601. The van der Waals surface area contributed by atoms with E-state index >= 15 is 0 Å². The van der Waals surface area contributed by atoms with Crippen molar-refractivity contribution >= 4 is 56.0 Å². The van der Waals surface area contributed by atoms with Gasteiger partial charge in [0.15, 0.2) is 11.6 Å². The van der Waals surface area contributed by atoms with E-state index in [9.17, 15) is 23.2 Å². The smallest absolute Gasteiger partial charge is 0.662 e. The molecule has 4 heterocycles. The second-order valence-corrected chi connectivity index (χ2v) is 12.3. The molecule has 0 saturated carbocycles. The number of halogens is 4. The Balaban J connectivity index is 0.000000401. The summed E-state index contributed by atoms with van der Waals surface area (Å²) in [4.78, 5) is 57.3. The van der Waals surface area contributed by atoms with E-state index in [2.05, 4.69) is 52.0 Å². The van der Waals surface area contributed by atoms with Gasteiger partial charge in [0.1, 0.15) is 27.2 Å². The zero-order valence-electron chi connectivity index (χ0n) is 24.8. The van der Waals surface area contributed by atoms with Crippen molar-refractivity contribution in [2.45, 2.75) is 76.5 Å². The molecule has 0 radical (unpaired) electrons. The van der Waals surface area contributed by atoms with Crippen LogP contribution >= 0.6 is 31.9 Å². The largest absolute Gasteiger partial charge is 1.00 e. The third-order valence-electron chi connectivity index (χ3n) is 6.01. The van der Waals surface area contributed by atoms with E-state index in [1.165, 1.54) is 4.90 Å². The molecule has 2 aliphatic heterocycles. The number of hydrogen-bond donors (Lipinski definition) is 1. The Kier molecular flexibility index (Phi) is 17.9. The summed E-state index contributed by atoms with van der Waals surface area (Å²) in [6.07, 6.45) is -2.17. The number of alkyl halides is 2. The molecule has 0 unspecified atom stereocenters. The van der Waals surface area contributed by atoms with Crippen molar-refractivity contribution in [2.75, 3.05) is 13.1 Å². The summed E-state index contributed by atoms with van der Waals surface area (Å²) in [6.45, 7) is 5.18. The fourth-order valence-electron chi connectivity index (χ4n) is 4.25. The van der Waals surface area contributed by atoms with Crippen LogP contribution in [0.5, 0.6) is 0 Å². The van der Waals surface area contributed by atoms with Gasteiger partial charge in [0, 0.05) is 30.8 Å². The van der Waals surface area contributed by atoms with Crippen LogP contribution in [0.4, 0.5) is 13.6 Å². The van der Waals surface area contributed by atoms with Gasteiger partial charge in [0.05, 0.1) is 31.5 Å². The number of hydrogen-bond acceptors (Lipinski definition) is 10. The maximum absolute atomic E-state index is 13.8. The molecule has 1 N–H and O–H groups in total. The average Bonchev–Trinajstić information content (AvgIpc) is 3.54. The van der Waals surface area contributed by atoms with Gasteiger partial charge in [0.2, 0.25) is 0 Å². The summed E-state index contributed by atoms with van der Waals surface area (Å²) in [6, 6.07) is 9.54. The Morgan fingerprint density at radius 1 is 1.00 bits per heavy atom. The number of ether oxygens (including phenoxy) is 1. The molecule has 2 fully saturated rings. The van der Waals surface area contributed by atoms with Crippen molar-refractivity contribution in [3.8, 4) is 0 Å². The Hall–Kier alpha value is -1.88. The number of carbonyl (C=O) groups is 4. The third kappa shape index (κ3) is 14.5. The predicted molar refractivity (Wildman–Crippen MR) is 156 cm³/mol. The molecule has 11 nitrogen and oxygen atoms in total. The van der Waals surface area contributed by atoms with Crippen LogP contribution in [-0.4, -0.2) is 82.1 Å². The zero-order valence-corrected chi connectivity index (χ0v) is 30.0. The van der Waals surface area contributed by atoms with Gasteiger partial charge in [-0.15, -0.1) is 0 Å². The molecule has 2 aliphatic rings. The number of Topliss-reactive ketones (excluding diaryl/α,β-unsaturated/α-hetero) is 2. The summed E-state index contributed by atoms with van der Waals surface area (Å²) in [5.74, 6) is -0.229. The van der Waals surface area contributed by atoms with Crippen LogP contribution < -0.4 is 40.1 Å². The van der Waals surface area contributed by atoms with E-state index in [1.54, 1.807) is 51.1 Å². The van der Waals surface area contributed by atoms with Crippen molar-refractivity contribution < 1.29 is 72.4 Å². The molecule has 236 valence electrons. The summed E-state index contributed by atoms with van der Waals surface area (Å²) in [5, 5.41) is 11.3. The van der Waals surface area contributed by atoms with Gasteiger partial charge in [-0.2, -0.15) is 0 Å². The first-order valence-electron chi connectivity index (χ1n) is 13.2. The standard InChI is InChI=1S/C16H20BrFN2O3.C11H12BrFN2O.CH2O3.Na/c1-16(2,3)23-15(22)20-9-10(18)7-12(20)13(21)8-11-5-4-6-14(17)19-11;12-11-3-1-2-8(15-11)5-10(16)9-4-7(13)6-14-9;2-1-4-3;/h4-6,10,12H,7-9H2,1-3H3;1-3,7,9,14H,4-6H2;1,3H;/q;;;+1/p-1/t10-,12+;7-,9+;;/m11../s1. The number of rotatable bonds is 7. The quantitative estimate of drug-likeness (QED) is 0.138. The molecule has 2 aromatic rings. The number of nitrogens with zero attached hydrogens (tertiary/aromatic N) is 3.